The van der Waals surface area contributed by atoms with Crippen LogP contribution in [-0.2, 0) is 6.54 Å². The number of aromatic nitrogens is 2. The molecule has 2 aliphatic heterocycles. The Hall–Kier alpha value is -1.95. The van der Waals surface area contributed by atoms with Gasteiger partial charge in [-0.1, -0.05) is 12.1 Å². The molecule has 6 heteroatoms. The number of likely N-dealkylation sites (tertiary alicyclic amines) is 1. The van der Waals surface area contributed by atoms with Crippen molar-refractivity contribution in [2.45, 2.75) is 32.7 Å². The molecular formula is C18H23FN4O. The average molecular weight is 330 g/mol. The zero-order valence-electron chi connectivity index (χ0n) is 14.0. The molecule has 1 spiro atoms. The fourth-order valence-corrected chi connectivity index (χ4v) is 4.15. The molecule has 24 heavy (non-hydrogen) atoms. The predicted octanol–water partition coefficient (Wildman–Crippen LogP) is 3.01. The maximum absolute atomic E-state index is 13.1. The zero-order chi connectivity index (χ0) is 16.6. The van der Waals surface area contributed by atoms with Crippen LogP contribution in [0, 0.1) is 18.2 Å². The Balaban J connectivity index is 1.42. The molecule has 1 aromatic carbocycles. The van der Waals surface area contributed by atoms with E-state index >= 15 is 0 Å². The van der Waals surface area contributed by atoms with E-state index in [1.165, 1.54) is 24.8 Å². The number of hydrogen-bond acceptors (Lipinski definition) is 5. The molecule has 3 heterocycles. The smallest absolute Gasteiger partial charge is 0.266 e. The van der Waals surface area contributed by atoms with Gasteiger partial charge in [-0.05, 0) is 48.7 Å². The molecule has 0 amide bonds. The van der Waals surface area contributed by atoms with E-state index in [1.807, 2.05) is 19.1 Å². The van der Waals surface area contributed by atoms with Crippen molar-refractivity contribution in [3.8, 4) is 0 Å². The quantitative estimate of drug-likeness (QED) is 0.866. The van der Waals surface area contributed by atoms with Crippen LogP contribution < -0.4 is 4.90 Å². The van der Waals surface area contributed by atoms with Gasteiger partial charge in [0, 0.05) is 38.5 Å². The lowest BCUT2D eigenvalue weighted by Crippen LogP contribution is -2.44. The van der Waals surface area contributed by atoms with Gasteiger partial charge in [-0.3, -0.25) is 4.90 Å². The molecule has 2 fully saturated rings. The van der Waals surface area contributed by atoms with E-state index in [0.29, 0.717) is 11.3 Å². The van der Waals surface area contributed by atoms with Crippen LogP contribution in [0.1, 0.15) is 30.7 Å². The Morgan fingerprint density at radius 1 is 1.17 bits per heavy atom. The number of nitrogens with zero attached hydrogens (tertiary/aromatic N) is 4. The fraction of sp³-hybridized carbons (Fsp3) is 0.556. The standard InChI is InChI=1S/C18H23FN4O/c1-14-20-17(21-24-14)23-10-8-18(13-23)7-2-9-22(12-18)11-15-3-5-16(19)6-4-15/h3-6H,2,7-13H2,1H3/t18-/m1/s1. The Morgan fingerprint density at radius 3 is 2.75 bits per heavy atom. The maximum Gasteiger partial charge on any atom is 0.266 e. The molecule has 128 valence electrons. The van der Waals surface area contributed by atoms with Gasteiger partial charge in [0.2, 0.25) is 5.89 Å². The number of benzene rings is 1. The largest absolute Gasteiger partial charge is 0.338 e. The average Bonchev–Trinajstić information content (AvgIpc) is 3.17. The lowest BCUT2D eigenvalue weighted by atomic mass is 9.79. The predicted molar refractivity (Wildman–Crippen MR) is 89.2 cm³/mol. The summed E-state index contributed by atoms with van der Waals surface area (Å²) >= 11 is 0. The first-order valence-electron chi connectivity index (χ1n) is 8.64. The number of anilines is 1. The highest BCUT2D eigenvalue weighted by atomic mass is 19.1. The van der Waals surface area contributed by atoms with E-state index in [-0.39, 0.29) is 5.82 Å². The molecule has 2 aromatic rings. The van der Waals surface area contributed by atoms with Gasteiger partial charge in [-0.25, -0.2) is 4.39 Å². The lowest BCUT2D eigenvalue weighted by molar-refractivity contribution is 0.0991. The number of halogens is 1. The minimum absolute atomic E-state index is 0.171. The molecule has 1 atom stereocenters. The third-order valence-corrected chi connectivity index (χ3v) is 5.30. The van der Waals surface area contributed by atoms with E-state index in [0.717, 1.165) is 38.7 Å². The molecule has 0 unspecified atom stereocenters. The summed E-state index contributed by atoms with van der Waals surface area (Å²) < 4.78 is 18.2. The molecule has 0 bridgehead atoms. The minimum Gasteiger partial charge on any atom is -0.338 e. The summed E-state index contributed by atoms with van der Waals surface area (Å²) in [5.74, 6) is 1.17. The Morgan fingerprint density at radius 2 is 2.00 bits per heavy atom. The van der Waals surface area contributed by atoms with E-state index in [4.69, 9.17) is 4.52 Å². The zero-order valence-corrected chi connectivity index (χ0v) is 14.0. The Kier molecular flexibility index (Phi) is 4.00. The SMILES string of the molecule is Cc1nc(N2CC[C@@]3(CCCN(Cc4ccc(F)cc4)C3)C2)no1. The van der Waals surface area contributed by atoms with Crippen molar-refractivity contribution in [1.29, 1.82) is 0 Å². The van der Waals surface area contributed by atoms with Crippen molar-refractivity contribution in [2.24, 2.45) is 5.41 Å². The van der Waals surface area contributed by atoms with Crippen molar-refractivity contribution < 1.29 is 8.91 Å². The van der Waals surface area contributed by atoms with Gasteiger partial charge in [0.05, 0.1) is 0 Å². The first-order valence-corrected chi connectivity index (χ1v) is 8.64. The summed E-state index contributed by atoms with van der Waals surface area (Å²) in [7, 11) is 0. The van der Waals surface area contributed by atoms with Crippen LogP contribution >= 0.6 is 0 Å². The first kappa shape index (κ1) is 15.6. The van der Waals surface area contributed by atoms with Crippen molar-refractivity contribution in [1.82, 2.24) is 15.0 Å². The van der Waals surface area contributed by atoms with Crippen molar-refractivity contribution in [3.05, 3.63) is 41.5 Å². The third kappa shape index (κ3) is 3.15. The van der Waals surface area contributed by atoms with Gasteiger partial charge < -0.3 is 9.42 Å². The van der Waals surface area contributed by atoms with Crippen molar-refractivity contribution >= 4 is 5.95 Å². The monoisotopic (exact) mass is 330 g/mol. The molecule has 0 aliphatic carbocycles. The molecule has 0 radical (unpaired) electrons. The van der Waals surface area contributed by atoms with E-state index in [1.54, 1.807) is 12.1 Å². The molecule has 1 aromatic heterocycles. The van der Waals surface area contributed by atoms with Crippen LogP contribution in [0.3, 0.4) is 0 Å². The number of aryl methyl sites for hydroxylation is 1. The van der Waals surface area contributed by atoms with Gasteiger partial charge in [0.15, 0.2) is 0 Å². The van der Waals surface area contributed by atoms with E-state index < -0.39 is 0 Å². The second-order valence-corrected chi connectivity index (χ2v) is 7.23. The molecule has 2 saturated heterocycles. The summed E-state index contributed by atoms with van der Waals surface area (Å²) in [5.41, 5.74) is 1.49. The van der Waals surface area contributed by atoms with Crippen LogP contribution in [0.2, 0.25) is 0 Å². The normalized spacial score (nSPS) is 24.8. The van der Waals surface area contributed by atoms with Gasteiger partial charge in [-0.2, -0.15) is 4.98 Å². The topological polar surface area (TPSA) is 45.4 Å². The molecule has 0 N–H and O–H groups in total. The Labute approximate surface area is 141 Å². The molecule has 4 rings (SSSR count). The van der Waals surface area contributed by atoms with E-state index in [2.05, 4.69) is 19.9 Å². The Bertz CT molecular complexity index is 701. The van der Waals surface area contributed by atoms with Crippen LogP contribution in [-0.4, -0.2) is 41.2 Å². The fourth-order valence-electron chi connectivity index (χ4n) is 4.15. The summed E-state index contributed by atoms with van der Waals surface area (Å²) in [6, 6.07) is 6.87. The molecule has 5 nitrogen and oxygen atoms in total. The van der Waals surface area contributed by atoms with Crippen molar-refractivity contribution in [2.75, 3.05) is 31.1 Å². The van der Waals surface area contributed by atoms with Gasteiger partial charge in [-0.15, -0.1) is 0 Å². The van der Waals surface area contributed by atoms with Crippen LogP contribution in [0.4, 0.5) is 10.3 Å². The van der Waals surface area contributed by atoms with E-state index in [9.17, 15) is 4.39 Å². The molecule has 2 aliphatic rings. The number of hydrogen-bond donors (Lipinski definition) is 0. The van der Waals surface area contributed by atoms with Gasteiger partial charge >= 0.3 is 0 Å². The maximum atomic E-state index is 13.1. The highest BCUT2D eigenvalue weighted by Crippen LogP contribution is 2.40. The highest BCUT2D eigenvalue weighted by molar-refractivity contribution is 5.31. The van der Waals surface area contributed by atoms with Crippen LogP contribution in [0.15, 0.2) is 28.8 Å². The summed E-state index contributed by atoms with van der Waals surface area (Å²) in [6.45, 7) is 6.89. The van der Waals surface area contributed by atoms with Gasteiger partial charge in [0.25, 0.3) is 5.95 Å². The summed E-state index contributed by atoms with van der Waals surface area (Å²) in [4.78, 5) is 9.11. The first-order chi connectivity index (χ1) is 11.6. The summed E-state index contributed by atoms with van der Waals surface area (Å²) in [5, 5.41) is 4.06. The number of rotatable bonds is 3. The second-order valence-electron chi connectivity index (χ2n) is 7.23. The van der Waals surface area contributed by atoms with Crippen LogP contribution in [0.5, 0.6) is 0 Å². The summed E-state index contributed by atoms with van der Waals surface area (Å²) in [6.07, 6.45) is 3.63. The third-order valence-electron chi connectivity index (χ3n) is 5.30. The number of piperidine rings is 1. The van der Waals surface area contributed by atoms with Crippen molar-refractivity contribution in [3.63, 3.8) is 0 Å². The molecule has 0 saturated carbocycles. The van der Waals surface area contributed by atoms with Gasteiger partial charge in [0.1, 0.15) is 5.82 Å². The van der Waals surface area contributed by atoms with Crippen LogP contribution in [0.25, 0.3) is 0 Å². The minimum atomic E-state index is -0.171. The highest BCUT2D eigenvalue weighted by Gasteiger charge is 2.42. The molecular weight excluding hydrogens is 307 g/mol. The second kappa shape index (κ2) is 6.16. The lowest BCUT2D eigenvalue weighted by Gasteiger charge is -2.40.